The number of hydrogen-bond acceptors (Lipinski definition) is 4. The molecule has 0 saturated carbocycles. The predicted molar refractivity (Wildman–Crippen MR) is 91.1 cm³/mol. The first-order valence-electron chi connectivity index (χ1n) is 7.69. The molecule has 0 bridgehead atoms. The van der Waals surface area contributed by atoms with Crippen molar-refractivity contribution in [1.82, 2.24) is 0 Å². The van der Waals surface area contributed by atoms with Crippen LogP contribution in [-0.4, -0.2) is 10.2 Å². The molecule has 0 aliphatic carbocycles. The molecule has 2 N–H and O–H groups in total. The highest BCUT2D eigenvalue weighted by atomic mass is 16.4. The minimum Gasteiger partial charge on any atom is -0.502 e. The van der Waals surface area contributed by atoms with E-state index in [0.717, 1.165) is 12.0 Å². The Morgan fingerprint density at radius 1 is 1.00 bits per heavy atom. The van der Waals surface area contributed by atoms with Crippen LogP contribution in [0.15, 0.2) is 69.9 Å². The van der Waals surface area contributed by atoms with Crippen molar-refractivity contribution in [2.75, 3.05) is 0 Å². The first kappa shape index (κ1) is 16.0. The van der Waals surface area contributed by atoms with Crippen molar-refractivity contribution in [3.8, 4) is 5.75 Å². The van der Waals surface area contributed by atoms with Gasteiger partial charge in [0, 0.05) is 6.07 Å². The van der Waals surface area contributed by atoms with Crippen LogP contribution in [0.5, 0.6) is 5.75 Å². The second-order valence-electron chi connectivity index (χ2n) is 5.74. The normalized spacial score (nSPS) is 12.1. The van der Waals surface area contributed by atoms with Crippen LogP contribution >= 0.6 is 0 Å². The van der Waals surface area contributed by atoms with E-state index in [0.29, 0.717) is 11.3 Å². The van der Waals surface area contributed by atoms with E-state index >= 15 is 0 Å². The van der Waals surface area contributed by atoms with Crippen molar-refractivity contribution in [1.29, 1.82) is 0 Å². The van der Waals surface area contributed by atoms with Gasteiger partial charge in [0.15, 0.2) is 5.76 Å². The molecule has 1 heterocycles. The van der Waals surface area contributed by atoms with Crippen molar-refractivity contribution in [3.63, 3.8) is 0 Å². The monoisotopic (exact) mass is 322 g/mol. The zero-order valence-electron chi connectivity index (χ0n) is 13.3. The second kappa shape index (κ2) is 6.72. The molecule has 0 aliphatic heterocycles. The summed E-state index contributed by atoms with van der Waals surface area (Å²) in [6.45, 7) is 1.60. The molecule has 4 heteroatoms. The second-order valence-corrected chi connectivity index (χ2v) is 5.74. The van der Waals surface area contributed by atoms with Gasteiger partial charge in [-0.15, -0.1) is 0 Å². The molecule has 0 fully saturated rings. The highest BCUT2D eigenvalue weighted by molar-refractivity contribution is 5.35. The van der Waals surface area contributed by atoms with Crippen LogP contribution in [0.3, 0.4) is 0 Å². The maximum absolute atomic E-state index is 11.6. The molecule has 24 heavy (non-hydrogen) atoms. The molecule has 0 aliphatic rings. The van der Waals surface area contributed by atoms with Crippen LogP contribution < -0.4 is 5.43 Å². The lowest BCUT2D eigenvalue weighted by molar-refractivity contribution is 0.176. The molecule has 0 radical (unpaired) electrons. The molecule has 2 aromatic carbocycles. The van der Waals surface area contributed by atoms with Gasteiger partial charge in [0.2, 0.25) is 11.2 Å². The number of aliphatic hydroxyl groups is 1. The molecule has 1 unspecified atom stereocenters. The Balaban J connectivity index is 1.84. The van der Waals surface area contributed by atoms with Crippen molar-refractivity contribution >= 4 is 0 Å². The Hall–Kier alpha value is -2.85. The molecular weight excluding hydrogens is 304 g/mol. The molecule has 4 nitrogen and oxygen atoms in total. The third-order valence-corrected chi connectivity index (χ3v) is 3.87. The number of aryl methyl sites for hydroxylation is 1. The average molecular weight is 322 g/mol. The molecule has 3 rings (SSSR count). The summed E-state index contributed by atoms with van der Waals surface area (Å²) in [5, 5.41) is 20.2. The minimum absolute atomic E-state index is 0.129. The Morgan fingerprint density at radius 2 is 1.62 bits per heavy atom. The van der Waals surface area contributed by atoms with E-state index < -0.39 is 17.3 Å². The van der Waals surface area contributed by atoms with Gasteiger partial charge in [0.25, 0.3) is 0 Å². The summed E-state index contributed by atoms with van der Waals surface area (Å²) in [4.78, 5) is 11.6. The number of hydrogen-bond donors (Lipinski definition) is 2. The van der Waals surface area contributed by atoms with Crippen molar-refractivity contribution in [2.45, 2.75) is 19.4 Å². The fraction of sp³-hybridized carbons (Fsp3) is 0.150. The maximum atomic E-state index is 11.6. The fourth-order valence-corrected chi connectivity index (χ4v) is 2.61. The zero-order chi connectivity index (χ0) is 17.1. The molecule has 1 aromatic heterocycles. The Labute approximate surface area is 139 Å². The predicted octanol–water partition coefficient (Wildman–Crippen LogP) is 3.33. The van der Waals surface area contributed by atoms with Crippen molar-refractivity contribution in [2.24, 2.45) is 0 Å². The number of aliphatic hydroxyl groups excluding tert-OH is 1. The lowest BCUT2D eigenvalue weighted by Gasteiger charge is -2.13. The number of benzene rings is 2. The van der Waals surface area contributed by atoms with E-state index in [9.17, 15) is 15.0 Å². The topological polar surface area (TPSA) is 70.7 Å². The van der Waals surface area contributed by atoms with Crippen LogP contribution in [0, 0.1) is 6.92 Å². The van der Waals surface area contributed by atoms with Crippen LogP contribution in [0.2, 0.25) is 0 Å². The van der Waals surface area contributed by atoms with Gasteiger partial charge in [-0.3, -0.25) is 4.79 Å². The lowest BCUT2D eigenvalue weighted by Crippen LogP contribution is -2.08. The highest BCUT2D eigenvalue weighted by Gasteiger charge is 2.20. The van der Waals surface area contributed by atoms with Crippen molar-refractivity contribution < 1.29 is 14.6 Å². The van der Waals surface area contributed by atoms with E-state index in [1.807, 2.05) is 30.3 Å². The standard InChI is InChI=1S/C20H18O4/c1-13-11-17(21)19(23)20(24-13)18(22)16-9-7-15(8-10-16)12-14-5-3-2-4-6-14/h2-11,18,22-23H,12H2,1H3. The van der Waals surface area contributed by atoms with Gasteiger partial charge in [0.1, 0.15) is 11.9 Å². The Kier molecular flexibility index (Phi) is 4.49. The average Bonchev–Trinajstić information content (AvgIpc) is 2.59. The maximum Gasteiger partial charge on any atom is 0.227 e. The third-order valence-electron chi connectivity index (χ3n) is 3.87. The SMILES string of the molecule is Cc1cc(=O)c(O)c(C(O)c2ccc(Cc3ccccc3)cc2)o1. The zero-order valence-corrected chi connectivity index (χ0v) is 13.3. The summed E-state index contributed by atoms with van der Waals surface area (Å²) in [5.41, 5.74) is 2.30. The van der Waals surface area contributed by atoms with E-state index in [2.05, 4.69) is 12.1 Å². The summed E-state index contributed by atoms with van der Waals surface area (Å²) < 4.78 is 5.33. The largest absolute Gasteiger partial charge is 0.502 e. The summed E-state index contributed by atoms with van der Waals surface area (Å²) in [7, 11) is 0. The van der Waals surface area contributed by atoms with E-state index in [1.165, 1.54) is 11.6 Å². The Morgan fingerprint density at radius 3 is 2.29 bits per heavy atom. The summed E-state index contributed by atoms with van der Waals surface area (Å²) in [6, 6.07) is 18.6. The Bertz CT molecular complexity index is 880. The van der Waals surface area contributed by atoms with Crippen LogP contribution in [-0.2, 0) is 6.42 Å². The summed E-state index contributed by atoms with van der Waals surface area (Å²) in [5.74, 6) is -0.343. The van der Waals surface area contributed by atoms with Gasteiger partial charge < -0.3 is 14.6 Å². The summed E-state index contributed by atoms with van der Waals surface area (Å²) >= 11 is 0. The third kappa shape index (κ3) is 3.39. The van der Waals surface area contributed by atoms with Gasteiger partial charge in [-0.2, -0.15) is 0 Å². The molecule has 0 spiro atoms. The van der Waals surface area contributed by atoms with Gasteiger partial charge in [-0.25, -0.2) is 0 Å². The van der Waals surface area contributed by atoms with Crippen LogP contribution in [0.25, 0.3) is 0 Å². The van der Waals surface area contributed by atoms with Crippen molar-refractivity contribution in [3.05, 3.63) is 99.1 Å². The van der Waals surface area contributed by atoms with Crippen LogP contribution in [0.4, 0.5) is 0 Å². The first-order valence-corrected chi connectivity index (χ1v) is 7.69. The molecule has 3 aromatic rings. The molecule has 1 atom stereocenters. The quantitative estimate of drug-likeness (QED) is 0.773. The minimum atomic E-state index is -1.19. The first-order chi connectivity index (χ1) is 11.5. The molecular formula is C20H18O4. The summed E-state index contributed by atoms with van der Waals surface area (Å²) in [6.07, 6.45) is -0.398. The highest BCUT2D eigenvalue weighted by Crippen LogP contribution is 2.28. The van der Waals surface area contributed by atoms with Gasteiger partial charge >= 0.3 is 0 Å². The van der Waals surface area contributed by atoms with Crippen LogP contribution in [0.1, 0.15) is 34.3 Å². The fourth-order valence-electron chi connectivity index (χ4n) is 2.61. The van der Waals surface area contributed by atoms with E-state index in [1.54, 1.807) is 19.1 Å². The number of aromatic hydroxyl groups is 1. The molecule has 0 amide bonds. The van der Waals surface area contributed by atoms with Gasteiger partial charge in [-0.05, 0) is 30.0 Å². The molecule has 0 saturated heterocycles. The van der Waals surface area contributed by atoms with E-state index in [-0.39, 0.29) is 5.76 Å². The lowest BCUT2D eigenvalue weighted by atomic mass is 10.0. The molecule has 122 valence electrons. The van der Waals surface area contributed by atoms with Gasteiger partial charge in [0.05, 0.1) is 0 Å². The van der Waals surface area contributed by atoms with Gasteiger partial charge in [-0.1, -0.05) is 54.6 Å². The van der Waals surface area contributed by atoms with E-state index in [4.69, 9.17) is 4.42 Å². The smallest absolute Gasteiger partial charge is 0.227 e. The number of rotatable bonds is 4.